The van der Waals surface area contributed by atoms with Crippen molar-refractivity contribution in [1.82, 2.24) is 0 Å². The third kappa shape index (κ3) is 1.80. The second-order valence-corrected chi connectivity index (χ2v) is 3.93. The van der Waals surface area contributed by atoms with Crippen LogP contribution in [0.25, 0.3) is 0 Å². The summed E-state index contributed by atoms with van der Waals surface area (Å²) >= 11 is 0. The summed E-state index contributed by atoms with van der Waals surface area (Å²) < 4.78 is 0. The molecule has 1 amide bonds. The van der Waals surface area contributed by atoms with E-state index in [2.05, 4.69) is 19.6 Å². The van der Waals surface area contributed by atoms with Gasteiger partial charge in [0.05, 0.1) is 0 Å². The molecule has 0 saturated heterocycles. The van der Waals surface area contributed by atoms with Crippen LogP contribution in [0.15, 0.2) is 30.9 Å². The van der Waals surface area contributed by atoms with Gasteiger partial charge in [0, 0.05) is 18.7 Å². The Morgan fingerprint density at radius 2 is 2.27 bits per heavy atom. The van der Waals surface area contributed by atoms with Gasteiger partial charge in [-0.2, -0.15) is 0 Å². The Labute approximate surface area is 90.2 Å². The van der Waals surface area contributed by atoms with Gasteiger partial charge >= 0.3 is 0 Å². The van der Waals surface area contributed by atoms with Crippen molar-refractivity contribution in [1.29, 1.82) is 0 Å². The number of carbonyl (C=O) groups excluding carboxylic acids is 1. The van der Waals surface area contributed by atoms with Crippen LogP contribution in [0.1, 0.15) is 17.5 Å². The zero-order chi connectivity index (χ0) is 10.8. The average molecular weight is 201 g/mol. The Balaban J connectivity index is 2.43. The molecular weight excluding hydrogens is 186 g/mol. The third-order valence-corrected chi connectivity index (χ3v) is 2.75. The van der Waals surface area contributed by atoms with Crippen molar-refractivity contribution < 1.29 is 4.79 Å². The summed E-state index contributed by atoms with van der Waals surface area (Å²) in [6.45, 7) is 6.37. The summed E-state index contributed by atoms with van der Waals surface area (Å²) in [6.07, 6.45) is 3.25. The molecule has 0 aliphatic carbocycles. The lowest BCUT2D eigenvalue weighted by Crippen LogP contribution is -2.35. The number of hydrogen-bond acceptors (Lipinski definition) is 1. The van der Waals surface area contributed by atoms with Crippen molar-refractivity contribution in [2.24, 2.45) is 0 Å². The maximum Gasteiger partial charge on any atom is 0.227 e. The molecule has 1 heterocycles. The number of anilines is 1. The molecule has 0 radical (unpaired) electrons. The van der Waals surface area contributed by atoms with E-state index in [4.69, 9.17) is 0 Å². The maximum absolute atomic E-state index is 11.7. The predicted molar refractivity (Wildman–Crippen MR) is 62.1 cm³/mol. The van der Waals surface area contributed by atoms with Gasteiger partial charge in [0.15, 0.2) is 0 Å². The minimum atomic E-state index is 0.200. The van der Waals surface area contributed by atoms with Gasteiger partial charge in [-0.15, -0.1) is 6.58 Å². The number of aryl methyl sites for hydroxylation is 2. The summed E-state index contributed by atoms with van der Waals surface area (Å²) in [4.78, 5) is 13.5. The normalized spacial score (nSPS) is 15.0. The Kier molecular flexibility index (Phi) is 2.58. The summed E-state index contributed by atoms with van der Waals surface area (Å²) in [5, 5.41) is 0. The van der Waals surface area contributed by atoms with Crippen LogP contribution in [0.5, 0.6) is 0 Å². The fourth-order valence-electron chi connectivity index (χ4n) is 2.02. The van der Waals surface area contributed by atoms with E-state index >= 15 is 0 Å². The van der Waals surface area contributed by atoms with Gasteiger partial charge in [0.25, 0.3) is 0 Å². The summed E-state index contributed by atoms with van der Waals surface area (Å²) in [5.41, 5.74) is 3.58. The lowest BCUT2D eigenvalue weighted by molar-refractivity contribution is -0.118. The molecule has 2 nitrogen and oxygen atoms in total. The van der Waals surface area contributed by atoms with Crippen LogP contribution < -0.4 is 4.90 Å². The van der Waals surface area contributed by atoms with Gasteiger partial charge in [-0.25, -0.2) is 0 Å². The van der Waals surface area contributed by atoms with Gasteiger partial charge < -0.3 is 4.90 Å². The molecule has 0 N–H and O–H groups in total. The van der Waals surface area contributed by atoms with Crippen molar-refractivity contribution in [3.63, 3.8) is 0 Å². The molecule has 0 saturated carbocycles. The molecule has 0 fully saturated rings. The SMILES string of the molecule is C=CCN1C(=O)CCc2cc(C)ccc21. The Bertz CT molecular complexity index is 409. The zero-order valence-corrected chi connectivity index (χ0v) is 8.99. The van der Waals surface area contributed by atoms with Crippen molar-refractivity contribution in [2.45, 2.75) is 19.8 Å². The highest BCUT2D eigenvalue weighted by Crippen LogP contribution is 2.28. The maximum atomic E-state index is 11.7. The molecule has 0 unspecified atom stereocenters. The van der Waals surface area contributed by atoms with Gasteiger partial charge in [0.2, 0.25) is 5.91 Å². The van der Waals surface area contributed by atoms with E-state index in [1.165, 1.54) is 11.1 Å². The summed E-state index contributed by atoms with van der Waals surface area (Å²) in [7, 11) is 0. The fourth-order valence-corrected chi connectivity index (χ4v) is 2.02. The standard InChI is InChI=1S/C13H15NO/c1-3-8-14-12-6-4-10(2)9-11(12)5-7-13(14)15/h3-4,6,9H,1,5,7-8H2,2H3. The molecule has 78 valence electrons. The minimum absolute atomic E-state index is 0.200. The molecular formula is C13H15NO. The Morgan fingerprint density at radius 1 is 1.47 bits per heavy atom. The third-order valence-electron chi connectivity index (χ3n) is 2.75. The molecule has 2 heteroatoms. The van der Waals surface area contributed by atoms with Crippen LogP contribution in [0.3, 0.4) is 0 Å². The highest BCUT2D eigenvalue weighted by Gasteiger charge is 2.22. The second-order valence-electron chi connectivity index (χ2n) is 3.93. The number of rotatable bonds is 2. The van der Waals surface area contributed by atoms with Crippen LogP contribution in [0.2, 0.25) is 0 Å². The predicted octanol–water partition coefficient (Wildman–Crippen LogP) is 2.46. The summed E-state index contributed by atoms with van der Waals surface area (Å²) in [5.74, 6) is 0.200. The van der Waals surface area contributed by atoms with Gasteiger partial charge in [0.1, 0.15) is 0 Å². The summed E-state index contributed by atoms with van der Waals surface area (Å²) in [6, 6.07) is 6.25. The second kappa shape index (κ2) is 3.89. The number of fused-ring (bicyclic) bond motifs is 1. The quantitative estimate of drug-likeness (QED) is 0.673. The van der Waals surface area contributed by atoms with Crippen molar-refractivity contribution >= 4 is 11.6 Å². The molecule has 0 atom stereocenters. The zero-order valence-electron chi connectivity index (χ0n) is 8.99. The van der Waals surface area contributed by atoms with E-state index < -0.39 is 0 Å². The molecule has 2 rings (SSSR count). The van der Waals surface area contributed by atoms with Crippen LogP contribution in [0.4, 0.5) is 5.69 Å². The molecule has 15 heavy (non-hydrogen) atoms. The van der Waals surface area contributed by atoms with Crippen molar-refractivity contribution in [3.8, 4) is 0 Å². The smallest absolute Gasteiger partial charge is 0.227 e. The van der Waals surface area contributed by atoms with Crippen molar-refractivity contribution in [3.05, 3.63) is 42.0 Å². The van der Waals surface area contributed by atoms with E-state index in [0.29, 0.717) is 13.0 Å². The number of benzene rings is 1. The number of hydrogen-bond donors (Lipinski definition) is 0. The lowest BCUT2D eigenvalue weighted by atomic mass is 9.99. The number of amides is 1. The first-order valence-electron chi connectivity index (χ1n) is 5.23. The van der Waals surface area contributed by atoms with Crippen molar-refractivity contribution in [2.75, 3.05) is 11.4 Å². The first kappa shape index (κ1) is 9.97. The van der Waals surface area contributed by atoms with E-state index in [9.17, 15) is 4.79 Å². The van der Waals surface area contributed by atoms with E-state index in [1.807, 2.05) is 17.0 Å². The van der Waals surface area contributed by atoms with Crippen LogP contribution in [-0.4, -0.2) is 12.5 Å². The van der Waals surface area contributed by atoms with E-state index in [1.54, 1.807) is 6.08 Å². The highest BCUT2D eigenvalue weighted by atomic mass is 16.2. The van der Waals surface area contributed by atoms with Gasteiger partial charge in [-0.1, -0.05) is 23.8 Å². The first-order chi connectivity index (χ1) is 7.22. The Morgan fingerprint density at radius 3 is 3.00 bits per heavy atom. The van der Waals surface area contributed by atoms with Crippen LogP contribution in [-0.2, 0) is 11.2 Å². The van der Waals surface area contributed by atoms with Crippen LogP contribution >= 0.6 is 0 Å². The molecule has 1 aromatic carbocycles. The topological polar surface area (TPSA) is 20.3 Å². The highest BCUT2D eigenvalue weighted by molar-refractivity contribution is 5.96. The Hall–Kier alpha value is -1.57. The monoisotopic (exact) mass is 201 g/mol. The van der Waals surface area contributed by atoms with Crippen LogP contribution in [0, 0.1) is 6.92 Å². The lowest BCUT2D eigenvalue weighted by Gasteiger charge is -2.28. The van der Waals surface area contributed by atoms with E-state index in [0.717, 1.165) is 12.1 Å². The van der Waals surface area contributed by atoms with Gasteiger partial charge in [-0.05, 0) is 25.0 Å². The molecule has 0 spiro atoms. The largest absolute Gasteiger partial charge is 0.308 e. The van der Waals surface area contributed by atoms with Gasteiger partial charge in [-0.3, -0.25) is 4.79 Å². The van der Waals surface area contributed by atoms with E-state index in [-0.39, 0.29) is 5.91 Å². The minimum Gasteiger partial charge on any atom is -0.308 e. The number of nitrogens with zero attached hydrogens (tertiary/aromatic N) is 1. The number of carbonyl (C=O) groups is 1. The molecule has 0 bridgehead atoms. The molecule has 1 aliphatic rings. The molecule has 0 aromatic heterocycles. The first-order valence-corrected chi connectivity index (χ1v) is 5.23. The molecule has 1 aromatic rings. The molecule has 1 aliphatic heterocycles. The fraction of sp³-hybridized carbons (Fsp3) is 0.308. The average Bonchev–Trinajstić information content (AvgIpc) is 2.22.